The molecule has 3 heteroatoms. The van der Waals surface area contributed by atoms with Crippen LogP contribution in [0.25, 0.3) is 0 Å². The molecule has 0 spiro atoms. The molecule has 1 saturated carbocycles. The highest BCUT2D eigenvalue weighted by Crippen LogP contribution is 2.44. The average Bonchev–Trinajstić information content (AvgIpc) is 3.01. The van der Waals surface area contributed by atoms with E-state index in [1.165, 1.54) is 24.8 Å². The molecule has 1 fully saturated rings. The van der Waals surface area contributed by atoms with Crippen molar-refractivity contribution in [2.24, 2.45) is 5.92 Å². The van der Waals surface area contributed by atoms with Crippen LogP contribution in [0.15, 0.2) is 22.7 Å². The van der Waals surface area contributed by atoms with Crippen molar-refractivity contribution in [2.45, 2.75) is 24.1 Å². The summed E-state index contributed by atoms with van der Waals surface area (Å²) in [4.78, 5) is 0.414. The fraction of sp³-hybridized carbons (Fsp3) is 0.500. The van der Waals surface area contributed by atoms with Crippen LogP contribution in [0.4, 0.5) is 0 Å². The molecule has 1 aliphatic carbocycles. The van der Waals surface area contributed by atoms with Crippen molar-refractivity contribution in [1.29, 1.82) is 0 Å². The highest BCUT2D eigenvalue weighted by Gasteiger charge is 2.26. The summed E-state index contributed by atoms with van der Waals surface area (Å²) in [6.45, 7) is 0. The molecule has 2 rings (SSSR count). The molecular formula is C12H14Br2O. The predicted octanol–water partition coefficient (Wildman–Crippen LogP) is 4.69. The van der Waals surface area contributed by atoms with Crippen molar-refractivity contribution < 1.29 is 4.74 Å². The van der Waals surface area contributed by atoms with Gasteiger partial charge in [0.15, 0.2) is 0 Å². The van der Waals surface area contributed by atoms with E-state index < -0.39 is 0 Å². The molecule has 0 heterocycles. The molecule has 0 amide bonds. The molecule has 15 heavy (non-hydrogen) atoms. The number of halogens is 2. The fourth-order valence-corrected chi connectivity index (χ4v) is 2.99. The van der Waals surface area contributed by atoms with Crippen LogP contribution in [-0.4, -0.2) is 7.11 Å². The Morgan fingerprint density at radius 1 is 1.47 bits per heavy atom. The maximum Gasteiger partial charge on any atom is 0.123 e. The largest absolute Gasteiger partial charge is 0.496 e. The number of alkyl halides is 1. The zero-order valence-electron chi connectivity index (χ0n) is 8.67. The molecule has 0 aliphatic heterocycles. The Labute approximate surface area is 107 Å². The summed E-state index contributed by atoms with van der Waals surface area (Å²) in [5, 5.41) is 0. The number of ether oxygens (including phenoxy) is 1. The minimum atomic E-state index is 0.414. The van der Waals surface area contributed by atoms with Crippen LogP contribution in [0.1, 0.15) is 29.7 Å². The highest BCUT2D eigenvalue weighted by molar-refractivity contribution is 9.10. The van der Waals surface area contributed by atoms with Crippen molar-refractivity contribution in [2.75, 3.05) is 7.11 Å². The summed E-state index contributed by atoms with van der Waals surface area (Å²) >= 11 is 7.25. The van der Waals surface area contributed by atoms with E-state index in [1.807, 2.05) is 12.1 Å². The Bertz CT molecular complexity index is 347. The van der Waals surface area contributed by atoms with Gasteiger partial charge in [-0.05, 0) is 30.5 Å². The van der Waals surface area contributed by atoms with E-state index >= 15 is 0 Å². The average molecular weight is 334 g/mol. The van der Waals surface area contributed by atoms with Crippen molar-refractivity contribution in [3.8, 4) is 5.75 Å². The van der Waals surface area contributed by atoms with E-state index in [0.29, 0.717) is 4.83 Å². The summed E-state index contributed by atoms with van der Waals surface area (Å²) in [5.74, 6) is 1.89. The van der Waals surface area contributed by atoms with Gasteiger partial charge in [-0.15, -0.1) is 0 Å². The van der Waals surface area contributed by atoms with Crippen molar-refractivity contribution in [1.82, 2.24) is 0 Å². The van der Waals surface area contributed by atoms with Gasteiger partial charge in [-0.25, -0.2) is 0 Å². The smallest absolute Gasteiger partial charge is 0.123 e. The van der Waals surface area contributed by atoms with Crippen LogP contribution >= 0.6 is 31.9 Å². The van der Waals surface area contributed by atoms with Crippen molar-refractivity contribution in [3.63, 3.8) is 0 Å². The summed E-state index contributed by atoms with van der Waals surface area (Å²) in [5.41, 5.74) is 1.25. The van der Waals surface area contributed by atoms with Gasteiger partial charge in [0.2, 0.25) is 0 Å². The second-order valence-electron chi connectivity index (χ2n) is 4.03. The van der Waals surface area contributed by atoms with Gasteiger partial charge in [0.1, 0.15) is 5.75 Å². The first-order valence-corrected chi connectivity index (χ1v) is 6.89. The van der Waals surface area contributed by atoms with Gasteiger partial charge < -0.3 is 4.74 Å². The van der Waals surface area contributed by atoms with Gasteiger partial charge in [0.05, 0.1) is 7.11 Å². The molecule has 0 bridgehead atoms. The van der Waals surface area contributed by atoms with Gasteiger partial charge in [-0.1, -0.05) is 44.7 Å². The first-order valence-electron chi connectivity index (χ1n) is 5.18. The molecule has 0 radical (unpaired) electrons. The monoisotopic (exact) mass is 332 g/mol. The Hall–Kier alpha value is -0.0200. The summed E-state index contributed by atoms with van der Waals surface area (Å²) in [7, 11) is 1.73. The van der Waals surface area contributed by atoms with E-state index in [-0.39, 0.29) is 0 Å². The molecular weight excluding hydrogens is 320 g/mol. The van der Waals surface area contributed by atoms with E-state index in [9.17, 15) is 0 Å². The van der Waals surface area contributed by atoms with Gasteiger partial charge in [0, 0.05) is 14.9 Å². The van der Waals surface area contributed by atoms with Crippen molar-refractivity contribution >= 4 is 31.9 Å². The fourth-order valence-electron chi connectivity index (χ4n) is 1.72. The maximum absolute atomic E-state index is 5.37. The summed E-state index contributed by atoms with van der Waals surface area (Å²) in [6.07, 6.45) is 3.99. The third-order valence-electron chi connectivity index (χ3n) is 2.77. The quantitative estimate of drug-likeness (QED) is 0.726. The lowest BCUT2D eigenvalue weighted by molar-refractivity contribution is 0.408. The Balaban J connectivity index is 2.18. The standard InChI is InChI=1S/C12H14Br2O/c1-15-12-5-4-9(13)7-10(12)11(14)6-8-2-3-8/h4-5,7-8,11H,2-3,6H2,1H3. The van der Waals surface area contributed by atoms with Crippen LogP contribution in [0.5, 0.6) is 5.75 Å². The van der Waals surface area contributed by atoms with Gasteiger partial charge in [-0.2, -0.15) is 0 Å². The second kappa shape index (κ2) is 4.88. The maximum atomic E-state index is 5.37. The highest BCUT2D eigenvalue weighted by atomic mass is 79.9. The molecule has 0 saturated heterocycles. The Morgan fingerprint density at radius 2 is 2.20 bits per heavy atom. The second-order valence-corrected chi connectivity index (χ2v) is 6.05. The van der Waals surface area contributed by atoms with E-state index in [2.05, 4.69) is 37.9 Å². The van der Waals surface area contributed by atoms with Crippen LogP contribution in [-0.2, 0) is 0 Å². The third-order valence-corrected chi connectivity index (χ3v) is 4.13. The summed E-state index contributed by atoms with van der Waals surface area (Å²) < 4.78 is 6.48. The normalized spacial score (nSPS) is 17.5. The van der Waals surface area contributed by atoms with Crippen molar-refractivity contribution in [3.05, 3.63) is 28.2 Å². The molecule has 1 nitrogen and oxygen atoms in total. The molecule has 1 unspecified atom stereocenters. The molecule has 0 N–H and O–H groups in total. The summed E-state index contributed by atoms with van der Waals surface area (Å²) in [6, 6.07) is 6.17. The van der Waals surface area contributed by atoms with E-state index in [1.54, 1.807) is 7.11 Å². The van der Waals surface area contributed by atoms with Gasteiger partial charge in [0.25, 0.3) is 0 Å². The lowest BCUT2D eigenvalue weighted by Crippen LogP contribution is -1.96. The Kier molecular flexibility index (Phi) is 3.73. The lowest BCUT2D eigenvalue weighted by Gasteiger charge is -2.14. The minimum Gasteiger partial charge on any atom is -0.496 e. The first-order chi connectivity index (χ1) is 7.20. The van der Waals surface area contributed by atoms with Crippen LogP contribution in [0.3, 0.4) is 0 Å². The number of methoxy groups -OCH3 is 1. The number of rotatable bonds is 4. The molecule has 1 aromatic rings. The SMILES string of the molecule is COc1ccc(Br)cc1C(Br)CC1CC1. The van der Waals surface area contributed by atoms with Gasteiger partial charge in [-0.3, -0.25) is 0 Å². The zero-order chi connectivity index (χ0) is 10.8. The first kappa shape index (κ1) is 11.5. The lowest BCUT2D eigenvalue weighted by atomic mass is 10.1. The number of benzene rings is 1. The minimum absolute atomic E-state index is 0.414. The third kappa shape index (κ3) is 2.97. The topological polar surface area (TPSA) is 9.23 Å². The van der Waals surface area contributed by atoms with Crippen LogP contribution in [0, 0.1) is 5.92 Å². The number of hydrogen-bond donors (Lipinski definition) is 0. The molecule has 1 aromatic carbocycles. The Morgan fingerprint density at radius 3 is 2.80 bits per heavy atom. The molecule has 1 aliphatic rings. The van der Waals surface area contributed by atoms with E-state index in [4.69, 9.17) is 4.74 Å². The van der Waals surface area contributed by atoms with E-state index in [0.717, 1.165) is 16.1 Å². The van der Waals surface area contributed by atoms with Crippen LogP contribution in [0.2, 0.25) is 0 Å². The predicted molar refractivity (Wildman–Crippen MR) is 69.7 cm³/mol. The number of hydrogen-bond acceptors (Lipinski definition) is 1. The molecule has 82 valence electrons. The van der Waals surface area contributed by atoms with Gasteiger partial charge >= 0.3 is 0 Å². The molecule has 0 aromatic heterocycles. The molecule has 1 atom stereocenters. The van der Waals surface area contributed by atoms with Crippen LogP contribution < -0.4 is 4.74 Å². The zero-order valence-corrected chi connectivity index (χ0v) is 11.8.